The maximum atomic E-state index is 12.1. The minimum atomic E-state index is -3.92. The van der Waals surface area contributed by atoms with Crippen LogP contribution in [0.1, 0.15) is 20.8 Å². The lowest BCUT2D eigenvalue weighted by molar-refractivity contribution is -0.125. The topological polar surface area (TPSA) is 130 Å². The summed E-state index contributed by atoms with van der Waals surface area (Å²) in [6.07, 6.45) is 0. The number of benzene rings is 1. The lowest BCUT2D eigenvalue weighted by atomic mass is 9.91. The third kappa shape index (κ3) is 5.64. The number of ketones is 1. The lowest BCUT2D eigenvalue weighted by Crippen LogP contribution is -2.35. The number of hydrogen-bond donors (Lipinski definition) is 3. The Bertz CT molecular complexity index is 778. The van der Waals surface area contributed by atoms with Crippen LogP contribution < -0.4 is 9.44 Å². The number of aliphatic hydroxyl groups excluding tert-OH is 1. The van der Waals surface area contributed by atoms with Crippen molar-refractivity contribution < 1.29 is 26.7 Å². The van der Waals surface area contributed by atoms with Crippen molar-refractivity contribution in [3.63, 3.8) is 0 Å². The summed E-state index contributed by atoms with van der Waals surface area (Å²) < 4.78 is 52.3. The quantitative estimate of drug-likeness (QED) is 0.577. The van der Waals surface area contributed by atoms with Gasteiger partial charge in [0.15, 0.2) is 5.78 Å². The lowest BCUT2D eigenvalue weighted by Gasteiger charge is -2.16. The normalized spacial score (nSPS) is 13.0. The van der Waals surface area contributed by atoms with Crippen LogP contribution in [0.3, 0.4) is 0 Å². The van der Waals surface area contributed by atoms with Crippen LogP contribution in [0.4, 0.5) is 0 Å². The predicted octanol–water partition coefficient (Wildman–Crippen LogP) is -0.149. The third-order valence-corrected chi connectivity index (χ3v) is 6.00. The molecule has 0 unspecified atom stereocenters. The van der Waals surface area contributed by atoms with Crippen LogP contribution in [0.25, 0.3) is 0 Å². The monoisotopic (exact) mass is 378 g/mol. The zero-order chi connectivity index (χ0) is 18.6. The highest BCUT2D eigenvalue weighted by Crippen LogP contribution is 2.16. The van der Waals surface area contributed by atoms with E-state index < -0.39 is 25.5 Å². The number of nitrogens with one attached hydrogen (secondary N) is 2. The number of carbonyl (C=O) groups excluding carboxylic acids is 1. The minimum absolute atomic E-state index is 0.124. The van der Waals surface area contributed by atoms with Crippen LogP contribution in [-0.4, -0.2) is 47.4 Å². The molecule has 0 heterocycles. The SMILES string of the molecule is CC(C)(C)C(=O)CNS(=O)(=O)c1ccc(S(=O)(=O)NCCO)cc1. The van der Waals surface area contributed by atoms with Crippen LogP contribution in [0.2, 0.25) is 0 Å². The molecule has 1 aromatic carbocycles. The molecule has 8 nitrogen and oxygen atoms in total. The minimum Gasteiger partial charge on any atom is -0.395 e. The van der Waals surface area contributed by atoms with E-state index in [-0.39, 0.29) is 35.3 Å². The number of carbonyl (C=O) groups is 1. The fourth-order valence-corrected chi connectivity index (χ4v) is 3.57. The molecule has 0 saturated heterocycles. The summed E-state index contributed by atoms with van der Waals surface area (Å²) in [5, 5.41) is 8.65. The summed E-state index contributed by atoms with van der Waals surface area (Å²) >= 11 is 0. The van der Waals surface area contributed by atoms with Crippen molar-refractivity contribution in [1.82, 2.24) is 9.44 Å². The fraction of sp³-hybridized carbons (Fsp3) is 0.500. The van der Waals surface area contributed by atoms with Crippen LogP contribution in [0, 0.1) is 5.41 Å². The summed E-state index contributed by atoms with van der Waals surface area (Å²) in [7, 11) is -7.73. The number of aliphatic hydroxyl groups is 1. The van der Waals surface area contributed by atoms with Gasteiger partial charge in [0.25, 0.3) is 0 Å². The van der Waals surface area contributed by atoms with E-state index in [2.05, 4.69) is 9.44 Å². The van der Waals surface area contributed by atoms with Gasteiger partial charge in [0.2, 0.25) is 20.0 Å². The number of sulfonamides is 2. The van der Waals surface area contributed by atoms with Gasteiger partial charge in [-0.25, -0.2) is 26.3 Å². The van der Waals surface area contributed by atoms with Crippen LogP contribution in [-0.2, 0) is 24.8 Å². The first-order valence-corrected chi connectivity index (χ1v) is 10.1. The van der Waals surface area contributed by atoms with Crippen LogP contribution in [0.15, 0.2) is 34.1 Å². The van der Waals surface area contributed by atoms with Gasteiger partial charge in [-0.05, 0) is 24.3 Å². The summed E-state index contributed by atoms with van der Waals surface area (Å²) in [6, 6.07) is 4.55. The van der Waals surface area contributed by atoms with E-state index in [0.717, 1.165) is 24.3 Å². The molecule has 1 aromatic rings. The van der Waals surface area contributed by atoms with E-state index in [1.165, 1.54) is 0 Å². The fourth-order valence-electron chi connectivity index (χ4n) is 1.57. The Morgan fingerprint density at radius 3 is 1.75 bits per heavy atom. The summed E-state index contributed by atoms with van der Waals surface area (Å²) in [5.74, 6) is -0.265. The maximum absolute atomic E-state index is 12.1. The molecule has 0 spiro atoms. The highest BCUT2D eigenvalue weighted by molar-refractivity contribution is 7.90. The average Bonchev–Trinajstić information content (AvgIpc) is 2.50. The molecule has 0 bridgehead atoms. The van der Waals surface area contributed by atoms with E-state index in [1.807, 2.05) is 0 Å². The summed E-state index contributed by atoms with van der Waals surface area (Å²) in [6.45, 7) is 4.22. The Kier molecular flexibility index (Phi) is 6.65. The van der Waals surface area contributed by atoms with E-state index in [0.29, 0.717) is 0 Å². The first-order valence-electron chi connectivity index (χ1n) is 7.14. The Labute approximate surface area is 142 Å². The molecule has 0 aromatic heterocycles. The van der Waals surface area contributed by atoms with Gasteiger partial charge in [-0.1, -0.05) is 20.8 Å². The van der Waals surface area contributed by atoms with Gasteiger partial charge in [0, 0.05) is 12.0 Å². The molecule has 3 N–H and O–H groups in total. The second kappa shape index (κ2) is 7.70. The molecular formula is C14H22N2O6S2. The Balaban J connectivity index is 2.90. The molecule has 0 amide bonds. The first kappa shape index (κ1) is 20.7. The standard InChI is InChI=1S/C14H22N2O6S2/c1-14(2,3)13(18)10-16-24(21,22)12-6-4-11(5-7-12)23(19,20)15-8-9-17/h4-7,15-17H,8-10H2,1-3H3. The molecule has 0 saturated carbocycles. The van der Waals surface area contributed by atoms with Crippen LogP contribution in [0.5, 0.6) is 0 Å². The van der Waals surface area contributed by atoms with E-state index in [1.54, 1.807) is 20.8 Å². The van der Waals surface area contributed by atoms with E-state index >= 15 is 0 Å². The van der Waals surface area contributed by atoms with Gasteiger partial charge in [0.05, 0.1) is 22.9 Å². The van der Waals surface area contributed by atoms with Crippen molar-refractivity contribution in [3.05, 3.63) is 24.3 Å². The zero-order valence-electron chi connectivity index (χ0n) is 13.7. The molecular weight excluding hydrogens is 356 g/mol. The van der Waals surface area contributed by atoms with Gasteiger partial charge in [-0.3, -0.25) is 4.79 Å². The Morgan fingerprint density at radius 1 is 0.958 bits per heavy atom. The van der Waals surface area contributed by atoms with Gasteiger partial charge in [0.1, 0.15) is 0 Å². The van der Waals surface area contributed by atoms with Crippen molar-refractivity contribution >= 4 is 25.8 Å². The van der Waals surface area contributed by atoms with Gasteiger partial charge >= 0.3 is 0 Å². The Morgan fingerprint density at radius 2 is 1.38 bits per heavy atom. The maximum Gasteiger partial charge on any atom is 0.240 e. The van der Waals surface area contributed by atoms with Crippen molar-refractivity contribution in [2.75, 3.05) is 19.7 Å². The molecule has 0 fully saturated rings. The molecule has 0 atom stereocenters. The second-order valence-corrected chi connectivity index (χ2v) is 9.62. The summed E-state index contributed by atoms with van der Waals surface area (Å²) in [4.78, 5) is 11.5. The molecule has 0 radical (unpaired) electrons. The van der Waals surface area contributed by atoms with E-state index in [9.17, 15) is 21.6 Å². The second-order valence-electron chi connectivity index (χ2n) is 6.09. The molecule has 24 heavy (non-hydrogen) atoms. The van der Waals surface area contributed by atoms with Gasteiger partial charge < -0.3 is 5.11 Å². The predicted molar refractivity (Wildman–Crippen MR) is 88.4 cm³/mol. The number of rotatable bonds is 8. The Hall–Kier alpha value is -1.33. The molecule has 1 rings (SSSR count). The van der Waals surface area contributed by atoms with Crippen molar-refractivity contribution in [1.29, 1.82) is 0 Å². The largest absolute Gasteiger partial charge is 0.395 e. The zero-order valence-corrected chi connectivity index (χ0v) is 15.4. The number of Topliss-reactive ketones (excluding diaryl/α,β-unsaturated/α-hetero) is 1. The smallest absolute Gasteiger partial charge is 0.240 e. The average molecular weight is 378 g/mol. The summed E-state index contributed by atoms with van der Waals surface area (Å²) in [5.41, 5.74) is -0.668. The molecule has 0 aliphatic heterocycles. The van der Waals surface area contributed by atoms with Crippen molar-refractivity contribution in [3.8, 4) is 0 Å². The third-order valence-electron chi connectivity index (χ3n) is 3.11. The van der Waals surface area contributed by atoms with E-state index in [4.69, 9.17) is 5.11 Å². The molecule has 136 valence electrons. The molecule has 0 aliphatic carbocycles. The molecule has 10 heteroatoms. The van der Waals surface area contributed by atoms with Crippen LogP contribution >= 0.6 is 0 Å². The van der Waals surface area contributed by atoms with Crippen molar-refractivity contribution in [2.24, 2.45) is 5.41 Å². The highest BCUT2D eigenvalue weighted by Gasteiger charge is 2.24. The first-order chi connectivity index (χ1) is 10.9. The van der Waals surface area contributed by atoms with Gasteiger partial charge in [-0.15, -0.1) is 0 Å². The molecule has 0 aliphatic rings. The highest BCUT2D eigenvalue weighted by atomic mass is 32.2. The number of hydrogen-bond acceptors (Lipinski definition) is 6. The van der Waals surface area contributed by atoms with Gasteiger partial charge in [-0.2, -0.15) is 0 Å². The van der Waals surface area contributed by atoms with Crippen molar-refractivity contribution in [2.45, 2.75) is 30.6 Å².